The molecule has 25 heavy (non-hydrogen) atoms. The molecule has 0 bridgehead atoms. The highest BCUT2D eigenvalue weighted by Crippen LogP contribution is 2.44. The van der Waals surface area contributed by atoms with E-state index in [9.17, 15) is 14.4 Å². The van der Waals surface area contributed by atoms with E-state index in [4.69, 9.17) is 4.74 Å². The van der Waals surface area contributed by atoms with Crippen LogP contribution < -0.4 is 0 Å². The van der Waals surface area contributed by atoms with Gasteiger partial charge in [-0.2, -0.15) is 0 Å². The van der Waals surface area contributed by atoms with Gasteiger partial charge < -0.3 is 14.6 Å². The number of rotatable bonds is 2. The zero-order chi connectivity index (χ0) is 17.9. The van der Waals surface area contributed by atoms with Crippen molar-refractivity contribution in [3.63, 3.8) is 0 Å². The summed E-state index contributed by atoms with van der Waals surface area (Å²) in [5.74, 6) is -1.01. The number of aromatic amines is 1. The van der Waals surface area contributed by atoms with Crippen molar-refractivity contribution in [3.05, 3.63) is 35.5 Å². The molecule has 0 saturated carbocycles. The fraction of sp³-hybridized carbons (Fsp3) is 0.389. The molecule has 3 heterocycles. The molecule has 7 nitrogen and oxygen atoms in total. The molecule has 7 heteroatoms. The van der Waals surface area contributed by atoms with Crippen LogP contribution in [0.25, 0.3) is 10.9 Å². The van der Waals surface area contributed by atoms with Gasteiger partial charge in [0.25, 0.3) is 5.91 Å². The van der Waals surface area contributed by atoms with Crippen LogP contribution in [0.2, 0.25) is 0 Å². The van der Waals surface area contributed by atoms with E-state index in [1.54, 1.807) is 11.8 Å². The normalized spacial score (nSPS) is 23.6. The number of urea groups is 1. The summed E-state index contributed by atoms with van der Waals surface area (Å²) in [6.45, 7) is 3.68. The number of benzene rings is 1. The quantitative estimate of drug-likeness (QED) is 0.666. The van der Waals surface area contributed by atoms with Crippen LogP contribution in [-0.4, -0.2) is 52.4 Å². The Kier molecular flexibility index (Phi) is 3.19. The average Bonchev–Trinajstić information content (AvgIpc) is 3.09. The van der Waals surface area contributed by atoms with Gasteiger partial charge in [0.1, 0.15) is 6.04 Å². The van der Waals surface area contributed by atoms with E-state index in [0.29, 0.717) is 13.0 Å². The van der Waals surface area contributed by atoms with Gasteiger partial charge in [-0.1, -0.05) is 18.2 Å². The van der Waals surface area contributed by atoms with Gasteiger partial charge in [0, 0.05) is 17.4 Å². The molecule has 2 aliphatic rings. The molecule has 1 saturated heterocycles. The maximum Gasteiger partial charge on any atom is 0.328 e. The largest absolute Gasteiger partial charge is 0.467 e. The molecule has 0 spiro atoms. The summed E-state index contributed by atoms with van der Waals surface area (Å²) in [4.78, 5) is 43.8. The fourth-order valence-electron chi connectivity index (χ4n) is 4.04. The molecule has 1 aromatic carbocycles. The molecular weight excluding hydrogens is 322 g/mol. The second kappa shape index (κ2) is 5.08. The summed E-state index contributed by atoms with van der Waals surface area (Å²) in [7, 11) is 1.24. The molecule has 0 unspecified atom stereocenters. The fourth-order valence-corrected chi connectivity index (χ4v) is 4.04. The Morgan fingerprint density at radius 3 is 2.76 bits per heavy atom. The highest BCUT2D eigenvalue weighted by Gasteiger charge is 2.60. The van der Waals surface area contributed by atoms with E-state index in [1.807, 2.05) is 24.3 Å². The molecule has 130 valence electrons. The molecule has 3 amide bonds. The number of hydrogen-bond acceptors (Lipinski definition) is 4. The van der Waals surface area contributed by atoms with Crippen molar-refractivity contribution in [1.29, 1.82) is 0 Å². The summed E-state index contributed by atoms with van der Waals surface area (Å²) in [5, 5.41) is 1.07. The highest BCUT2D eigenvalue weighted by molar-refractivity contribution is 6.10. The van der Waals surface area contributed by atoms with Crippen LogP contribution in [0.5, 0.6) is 0 Å². The van der Waals surface area contributed by atoms with E-state index >= 15 is 0 Å². The van der Waals surface area contributed by atoms with Gasteiger partial charge in [-0.15, -0.1) is 0 Å². The maximum atomic E-state index is 13.2. The molecule has 0 radical (unpaired) electrons. The number of para-hydroxylation sites is 1. The van der Waals surface area contributed by atoms with Gasteiger partial charge in [0.15, 0.2) is 5.54 Å². The number of nitrogens with zero attached hydrogens (tertiary/aromatic N) is 2. The minimum Gasteiger partial charge on any atom is -0.467 e. The lowest BCUT2D eigenvalue weighted by atomic mass is 9.87. The minimum atomic E-state index is -1.13. The average molecular weight is 341 g/mol. The Balaban J connectivity index is 1.87. The SMILES string of the molecule is COC(=O)[C@H](C)N1C(=O)N2CCc3c([nH]c4ccccc34)[C@@]2(C)C1=O. The number of amides is 3. The van der Waals surface area contributed by atoms with Crippen LogP contribution >= 0.6 is 0 Å². The van der Waals surface area contributed by atoms with Gasteiger partial charge in [0.2, 0.25) is 0 Å². The van der Waals surface area contributed by atoms with Crippen molar-refractivity contribution in [2.24, 2.45) is 0 Å². The van der Waals surface area contributed by atoms with Crippen molar-refractivity contribution < 1.29 is 19.1 Å². The summed E-state index contributed by atoms with van der Waals surface area (Å²) in [6.07, 6.45) is 0.661. The standard InChI is InChI=1S/C18H19N3O4/c1-10(15(22)25-3)21-16(23)18(2)14-12(8-9-20(18)17(21)24)11-6-4-5-7-13(11)19-14/h4-7,10,19H,8-9H2,1-3H3/t10-,18-/m0/s1. The lowest BCUT2D eigenvalue weighted by molar-refractivity contribution is -0.150. The number of carbonyl (C=O) groups excluding carboxylic acids is 3. The van der Waals surface area contributed by atoms with Crippen LogP contribution in [0, 0.1) is 0 Å². The number of nitrogens with one attached hydrogen (secondary N) is 1. The van der Waals surface area contributed by atoms with Crippen molar-refractivity contribution >= 4 is 28.8 Å². The van der Waals surface area contributed by atoms with E-state index in [-0.39, 0.29) is 0 Å². The first-order valence-corrected chi connectivity index (χ1v) is 8.24. The predicted molar refractivity (Wildman–Crippen MR) is 89.8 cm³/mol. The lowest BCUT2D eigenvalue weighted by Gasteiger charge is -2.36. The molecule has 1 aromatic heterocycles. The number of methoxy groups -OCH3 is 1. The van der Waals surface area contributed by atoms with E-state index < -0.39 is 29.5 Å². The molecule has 1 fully saturated rings. The van der Waals surface area contributed by atoms with Gasteiger partial charge in [-0.3, -0.25) is 4.79 Å². The topological polar surface area (TPSA) is 82.7 Å². The van der Waals surface area contributed by atoms with Gasteiger partial charge in [-0.25, -0.2) is 14.5 Å². The summed E-state index contributed by atoms with van der Waals surface area (Å²) >= 11 is 0. The van der Waals surface area contributed by atoms with Gasteiger partial charge in [-0.05, 0) is 31.9 Å². The number of fused-ring (bicyclic) bond motifs is 5. The van der Waals surface area contributed by atoms with Crippen LogP contribution in [0.15, 0.2) is 24.3 Å². The van der Waals surface area contributed by atoms with Crippen LogP contribution in [0.1, 0.15) is 25.1 Å². The molecule has 2 aromatic rings. The summed E-state index contributed by atoms with van der Waals surface area (Å²) in [5.41, 5.74) is 1.60. The van der Waals surface area contributed by atoms with Crippen molar-refractivity contribution in [2.45, 2.75) is 31.8 Å². The number of esters is 1. The first-order chi connectivity index (χ1) is 11.9. The van der Waals surface area contributed by atoms with Gasteiger partial charge in [0.05, 0.1) is 12.8 Å². The smallest absolute Gasteiger partial charge is 0.328 e. The van der Waals surface area contributed by atoms with Crippen molar-refractivity contribution in [2.75, 3.05) is 13.7 Å². The Morgan fingerprint density at radius 1 is 1.32 bits per heavy atom. The Hall–Kier alpha value is -2.83. The summed E-state index contributed by atoms with van der Waals surface area (Å²) < 4.78 is 4.71. The predicted octanol–water partition coefficient (Wildman–Crippen LogP) is 1.76. The van der Waals surface area contributed by atoms with Crippen molar-refractivity contribution in [3.8, 4) is 0 Å². The Labute approximate surface area is 144 Å². The monoisotopic (exact) mass is 341 g/mol. The zero-order valence-electron chi connectivity index (χ0n) is 14.3. The van der Waals surface area contributed by atoms with E-state index in [1.165, 1.54) is 14.0 Å². The third-order valence-electron chi connectivity index (χ3n) is 5.43. The summed E-state index contributed by atoms with van der Waals surface area (Å²) in [6, 6.07) is 6.45. The maximum absolute atomic E-state index is 13.2. The van der Waals surface area contributed by atoms with Crippen LogP contribution in [0.3, 0.4) is 0 Å². The number of H-pyrrole nitrogens is 1. The minimum absolute atomic E-state index is 0.400. The first kappa shape index (κ1) is 15.7. The number of aromatic nitrogens is 1. The third-order valence-corrected chi connectivity index (χ3v) is 5.43. The number of ether oxygens (including phenoxy) is 1. The van der Waals surface area contributed by atoms with Crippen molar-refractivity contribution in [1.82, 2.24) is 14.8 Å². The molecule has 1 N–H and O–H groups in total. The van der Waals surface area contributed by atoms with Crippen LogP contribution in [-0.2, 0) is 26.3 Å². The molecule has 0 aliphatic carbocycles. The highest BCUT2D eigenvalue weighted by atomic mass is 16.5. The molecule has 2 aliphatic heterocycles. The number of carbonyl (C=O) groups is 3. The first-order valence-electron chi connectivity index (χ1n) is 8.24. The second-order valence-corrected chi connectivity index (χ2v) is 6.65. The van der Waals surface area contributed by atoms with E-state index in [2.05, 4.69) is 4.98 Å². The zero-order valence-corrected chi connectivity index (χ0v) is 14.3. The molecule has 2 atom stereocenters. The van der Waals surface area contributed by atoms with E-state index in [0.717, 1.165) is 27.1 Å². The molecule has 4 rings (SSSR count). The van der Waals surface area contributed by atoms with Gasteiger partial charge >= 0.3 is 12.0 Å². The number of imide groups is 1. The Morgan fingerprint density at radius 2 is 2.04 bits per heavy atom. The second-order valence-electron chi connectivity index (χ2n) is 6.65. The third kappa shape index (κ3) is 1.83. The number of hydrogen-bond donors (Lipinski definition) is 1. The molecular formula is C18H19N3O4. The van der Waals surface area contributed by atoms with Crippen LogP contribution in [0.4, 0.5) is 4.79 Å². The Bertz CT molecular complexity index is 918. The lowest BCUT2D eigenvalue weighted by Crippen LogP contribution is -2.49.